The van der Waals surface area contributed by atoms with Gasteiger partial charge in [-0.15, -0.1) is 0 Å². The van der Waals surface area contributed by atoms with Crippen LogP contribution in [0.5, 0.6) is 5.75 Å². The van der Waals surface area contributed by atoms with Crippen LogP contribution in [0, 0.1) is 11.8 Å². The van der Waals surface area contributed by atoms with E-state index in [1.807, 2.05) is 24.3 Å². The Kier molecular flexibility index (Phi) is 6.40. The lowest BCUT2D eigenvalue weighted by molar-refractivity contribution is 0.120. The summed E-state index contributed by atoms with van der Waals surface area (Å²) in [5.41, 5.74) is 7.96. The summed E-state index contributed by atoms with van der Waals surface area (Å²) in [5, 5.41) is 3.74. The zero-order chi connectivity index (χ0) is 16.7. The van der Waals surface area contributed by atoms with Crippen LogP contribution in [-0.2, 0) is 0 Å². The van der Waals surface area contributed by atoms with E-state index in [2.05, 4.69) is 29.3 Å². The fourth-order valence-corrected chi connectivity index (χ4v) is 3.12. The summed E-state index contributed by atoms with van der Waals surface area (Å²) in [6.45, 7) is 8.53. The molecule has 0 saturated carbocycles. The van der Waals surface area contributed by atoms with E-state index in [-0.39, 0.29) is 0 Å². The Bertz CT molecular complexity index is 537. The van der Waals surface area contributed by atoms with E-state index in [4.69, 9.17) is 10.5 Å². The summed E-state index contributed by atoms with van der Waals surface area (Å²) >= 11 is 0. The van der Waals surface area contributed by atoms with E-state index in [9.17, 15) is 4.79 Å². The van der Waals surface area contributed by atoms with Gasteiger partial charge in [0, 0.05) is 19.6 Å². The molecule has 1 fully saturated rings. The van der Waals surface area contributed by atoms with Gasteiger partial charge in [0.15, 0.2) is 0 Å². The van der Waals surface area contributed by atoms with Gasteiger partial charge >= 0.3 is 6.03 Å². The van der Waals surface area contributed by atoms with Gasteiger partial charge in [0.2, 0.25) is 0 Å². The minimum Gasteiger partial charge on any atom is -0.492 e. The number of nitrogens with two attached hydrogens (primary N) is 1. The molecule has 1 saturated heterocycles. The molecular formula is C17H26N4O2. The zero-order valence-electron chi connectivity index (χ0n) is 13.9. The second-order valence-corrected chi connectivity index (χ2v) is 6.36. The summed E-state index contributed by atoms with van der Waals surface area (Å²) in [6.07, 6.45) is 2.85. The summed E-state index contributed by atoms with van der Waals surface area (Å²) in [7, 11) is 0. The SMILES string of the molecule is CC1CC(C)CN(CCOc2cccc(C=NNC(N)=O)c2)C1. The first-order valence-electron chi connectivity index (χ1n) is 8.06. The predicted octanol–water partition coefficient (Wildman–Crippen LogP) is 2.05. The van der Waals surface area contributed by atoms with Gasteiger partial charge < -0.3 is 10.5 Å². The third-order valence-corrected chi connectivity index (χ3v) is 3.87. The molecule has 2 unspecified atom stereocenters. The van der Waals surface area contributed by atoms with Crippen LogP contribution in [0.15, 0.2) is 29.4 Å². The second kappa shape index (κ2) is 8.53. The predicted molar refractivity (Wildman–Crippen MR) is 91.6 cm³/mol. The molecule has 6 heteroatoms. The average molecular weight is 318 g/mol. The molecule has 6 nitrogen and oxygen atoms in total. The first-order valence-corrected chi connectivity index (χ1v) is 8.06. The lowest BCUT2D eigenvalue weighted by Crippen LogP contribution is -2.40. The molecule has 2 atom stereocenters. The van der Waals surface area contributed by atoms with Crippen molar-refractivity contribution < 1.29 is 9.53 Å². The Morgan fingerprint density at radius 1 is 1.43 bits per heavy atom. The van der Waals surface area contributed by atoms with Gasteiger partial charge in [-0.05, 0) is 36.0 Å². The van der Waals surface area contributed by atoms with Gasteiger partial charge in [-0.1, -0.05) is 26.0 Å². The number of carbonyl (C=O) groups is 1. The molecule has 1 aliphatic heterocycles. The quantitative estimate of drug-likeness (QED) is 0.622. The van der Waals surface area contributed by atoms with Gasteiger partial charge in [-0.3, -0.25) is 4.90 Å². The van der Waals surface area contributed by atoms with E-state index >= 15 is 0 Å². The molecule has 0 bridgehead atoms. The maximum atomic E-state index is 10.6. The number of urea groups is 1. The first kappa shape index (κ1) is 17.3. The third-order valence-electron chi connectivity index (χ3n) is 3.87. The van der Waals surface area contributed by atoms with Crippen LogP contribution in [0.4, 0.5) is 4.79 Å². The van der Waals surface area contributed by atoms with Crippen LogP contribution in [0.1, 0.15) is 25.8 Å². The highest BCUT2D eigenvalue weighted by Crippen LogP contribution is 2.20. The number of primary amides is 1. The lowest BCUT2D eigenvalue weighted by atomic mass is 9.92. The normalized spacial score (nSPS) is 22.2. The number of carbonyl (C=O) groups excluding carboxylic acids is 1. The number of piperidine rings is 1. The molecule has 0 aromatic heterocycles. The van der Waals surface area contributed by atoms with Crippen molar-refractivity contribution in [2.75, 3.05) is 26.2 Å². The summed E-state index contributed by atoms with van der Waals surface area (Å²) in [5.74, 6) is 2.32. The standard InChI is InChI=1S/C17H26N4O2/c1-13-8-14(2)12-21(11-13)6-7-23-16-5-3-4-15(9-16)10-19-20-17(18)22/h3-5,9-10,13-14H,6-8,11-12H2,1-2H3,(H3,18,20,22). The van der Waals surface area contributed by atoms with E-state index in [1.165, 1.54) is 12.6 Å². The van der Waals surface area contributed by atoms with Crippen molar-refractivity contribution in [3.8, 4) is 5.75 Å². The largest absolute Gasteiger partial charge is 0.492 e. The monoisotopic (exact) mass is 318 g/mol. The number of hydrogen-bond acceptors (Lipinski definition) is 4. The number of hydrazone groups is 1. The number of ether oxygens (including phenoxy) is 1. The highest BCUT2D eigenvalue weighted by atomic mass is 16.5. The van der Waals surface area contributed by atoms with Crippen LogP contribution in [0.3, 0.4) is 0 Å². The van der Waals surface area contributed by atoms with Crippen LogP contribution in [0.2, 0.25) is 0 Å². The lowest BCUT2D eigenvalue weighted by Gasteiger charge is -2.34. The fraction of sp³-hybridized carbons (Fsp3) is 0.529. The minimum atomic E-state index is -0.682. The van der Waals surface area contributed by atoms with E-state index < -0.39 is 6.03 Å². The molecule has 0 aliphatic carbocycles. The number of hydrogen-bond donors (Lipinski definition) is 2. The molecule has 0 radical (unpaired) electrons. The molecule has 1 heterocycles. The molecule has 1 aliphatic rings. The van der Waals surface area contributed by atoms with Crippen LogP contribution in [-0.4, -0.2) is 43.4 Å². The Labute approximate surface area is 137 Å². The van der Waals surface area contributed by atoms with Crippen molar-refractivity contribution in [3.05, 3.63) is 29.8 Å². The highest BCUT2D eigenvalue weighted by molar-refractivity contribution is 5.81. The van der Waals surface area contributed by atoms with Crippen molar-refractivity contribution in [2.45, 2.75) is 20.3 Å². The Morgan fingerprint density at radius 3 is 2.87 bits per heavy atom. The van der Waals surface area contributed by atoms with Gasteiger partial charge in [0.05, 0.1) is 6.21 Å². The van der Waals surface area contributed by atoms with Gasteiger partial charge in [-0.25, -0.2) is 10.2 Å². The molecule has 2 amide bonds. The molecule has 126 valence electrons. The zero-order valence-corrected chi connectivity index (χ0v) is 13.9. The van der Waals surface area contributed by atoms with Crippen molar-refractivity contribution in [2.24, 2.45) is 22.7 Å². The number of benzene rings is 1. The number of nitrogens with zero attached hydrogens (tertiary/aromatic N) is 2. The first-order chi connectivity index (χ1) is 11.0. The summed E-state index contributed by atoms with van der Waals surface area (Å²) < 4.78 is 5.83. The Balaban J connectivity index is 1.79. The number of rotatable bonds is 6. The van der Waals surface area contributed by atoms with E-state index in [0.29, 0.717) is 6.61 Å². The van der Waals surface area contributed by atoms with Crippen LogP contribution in [0.25, 0.3) is 0 Å². The van der Waals surface area contributed by atoms with Crippen LogP contribution < -0.4 is 15.9 Å². The molecule has 23 heavy (non-hydrogen) atoms. The van der Waals surface area contributed by atoms with Crippen molar-refractivity contribution in [1.29, 1.82) is 0 Å². The third kappa shape index (κ3) is 6.28. The summed E-state index contributed by atoms with van der Waals surface area (Å²) in [6, 6.07) is 6.89. The molecule has 1 aromatic rings. The van der Waals surface area contributed by atoms with Crippen molar-refractivity contribution in [1.82, 2.24) is 10.3 Å². The topological polar surface area (TPSA) is 79.9 Å². The smallest absolute Gasteiger partial charge is 0.332 e. The fourth-order valence-electron chi connectivity index (χ4n) is 3.12. The van der Waals surface area contributed by atoms with E-state index in [0.717, 1.165) is 42.8 Å². The molecule has 2 rings (SSSR count). The maximum absolute atomic E-state index is 10.6. The summed E-state index contributed by atoms with van der Waals surface area (Å²) in [4.78, 5) is 13.0. The molecule has 3 N–H and O–H groups in total. The maximum Gasteiger partial charge on any atom is 0.332 e. The number of likely N-dealkylation sites (tertiary alicyclic amines) is 1. The average Bonchev–Trinajstić information content (AvgIpc) is 2.46. The second-order valence-electron chi connectivity index (χ2n) is 6.36. The number of amides is 2. The molecule has 0 spiro atoms. The number of nitrogens with one attached hydrogen (secondary N) is 1. The van der Waals surface area contributed by atoms with Crippen molar-refractivity contribution in [3.63, 3.8) is 0 Å². The van der Waals surface area contributed by atoms with Crippen LogP contribution >= 0.6 is 0 Å². The van der Waals surface area contributed by atoms with Gasteiger partial charge in [0.25, 0.3) is 0 Å². The highest BCUT2D eigenvalue weighted by Gasteiger charge is 2.21. The Morgan fingerprint density at radius 2 is 2.17 bits per heavy atom. The van der Waals surface area contributed by atoms with Gasteiger partial charge in [0.1, 0.15) is 12.4 Å². The van der Waals surface area contributed by atoms with Gasteiger partial charge in [-0.2, -0.15) is 5.10 Å². The van der Waals surface area contributed by atoms with E-state index in [1.54, 1.807) is 0 Å². The minimum absolute atomic E-state index is 0.666. The molecular weight excluding hydrogens is 292 g/mol. The molecule has 1 aromatic carbocycles. The Hall–Kier alpha value is -2.08. The van der Waals surface area contributed by atoms with Crippen molar-refractivity contribution >= 4 is 12.2 Å².